The standard InChI is InChI=1S/C56H47N/c1-3-8-42(9-4-1)44-18-26-51(27-19-44)57(52-28-20-45(21-29-52)43-10-5-2-6-11-43)53-30-22-46(23-31-53)49-15-14-47-12-7-13-54(55(47)35-49)48-16-24-50(25-17-48)56-36-39-32-40(37-56)34-41(33-39)38-56/h1-31,35,39-41H,32-34,36-38H2/t39-,40-,41?,56?/m1/s1. The van der Waals surface area contributed by atoms with Crippen molar-refractivity contribution in [3.63, 3.8) is 0 Å². The van der Waals surface area contributed by atoms with Crippen molar-refractivity contribution in [1.82, 2.24) is 0 Å². The Morgan fingerprint density at radius 3 is 1.26 bits per heavy atom. The topological polar surface area (TPSA) is 3.24 Å². The van der Waals surface area contributed by atoms with Crippen LogP contribution in [0, 0.1) is 17.8 Å². The Labute approximate surface area is 337 Å². The van der Waals surface area contributed by atoms with E-state index in [1.165, 1.54) is 93.8 Å². The molecule has 4 aliphatic rings. The first kappa shape index (κ1) is 34.1. The molecule has 1 heteroatoms. The molecule has 0 aliphatic heterocycles. The Balaban J connectivity index is 0.911. The van der Waals surface area contributed by atoms with Crippen LogP contribution in [0.15, 0.2) is 194 Å². The van der Waals surface area contributed by atoms with Crippen molar-refractivity contribution in [2.45, 2.75) is 43.9 Å². The predicted molar refractivity (Wildman–Crippen MR) is 240 cm³/mol. The zero-order chi connectivity index (χ0) is 37.8. The van der Waals surface area contributed by atoms with E-state index in [0.717, 1.165) is 34.8 Å². The van der Waals surface area contributed by atoms with E-state index in [9.17, 15) is 0 Å². The van der Waals surface area contributed by atoms with E-state index in [0.29, 0.717) is 5.41 Å². The van der Waals surface area contributed by atoms with Gasteiger partial charge in [-0.15, -0.1) is 0 Å². The van der Waals surface area contributed by atoms with Gasteiger partial charge in [0.25, 0.3) is 0 Å². The van der Waals surface area contributed by atoms with Crippen LogP contribution in [0.4, 0.5) is 17.1 Å². The minimum Gasteiger partial charge on any atom is -0.311 e. The van der Waals surface area contributed by atoms with Gasteiger partial charge in [-0.2, -0.15) is 0 Å². The molecule has 0 radical (unpaired) electrons. The van der Waals surface area contributed by atoms with Gasteiger partial charge in [-0.25, -0.2) is 0 Å². The largest absolute Gasteiger partial charge is 0.311 e. The first-order valence-electron chi connectivity index (χ1n) is 21.0. The molecule has 276 valence electrons. The molecule has 4 fully saturated rings. The summed E-state index contributed by atoms with van der Waals surface area (Å²) in [6.45, 7) is 0. The number of hydrogen-bond acceptors (Lipinski definition) is 1. The maximum Gasteiger partial charge on any atom is 0.0462 e. The van der Waals surface area contributed by atoms with Crippen molar-refractivity contribution in [3.8, 4) is 44.5 Å². The van der Waals surface area contributed by atoms with Crippen molar-refractivity contribution < 1.29 is 0 Å². The lowest BCUT2D eigenvalue weighted by Gasteiger charge is -2.57. The van der Waals surface area contributed by atoms with Gasteiger partial charge in [-0.1, -0.05) is 152 Å². The van der Waals surface area contributed by atoms with Crippen LogP contribution in [0.2, 0.25) is 0 Å². The molecular formula is C56H47N. The second kappa shape index (κ2) is 14.1. The van der Waals surface area contributed by atoms with E-state index in [1.807, 2.05) is 0 Å². The normalized spacial score (nSPS) is 20.8. The van der Waals surface area contributed by atoms with Gasteiger partial charge in [0.1, 0.15) is 0 Å². The third-order valence-corrected chi connectivity index (χ3v) is 13.7. The van der Waals surface area contributed by atoms with Crippen LogP contribution in [-0.2, 0) is 5.41 Å². The molecule has 1 nitrogen and oxygen atoms in total. The molecule has 0 unspecified atom stereocenters. The van der Waals surface area contributed by atoms with Crippen LogP contribution in [0.1, 0.15) is 44.1 Å². The van der Waals surface area contributed by atoms with Crippen molar-refractivity contribution in [3.05, 3.63) is 200 Å². The first-order valence-corrected chi connectivity index (χ1v) is 21.0. The van der Waals surface area contributed by atoms with Crippen molar-refractivity contribution >= 4 is 27.8 Å². The average Bonchev–Trinajstić information content (AvgIpc) is 3.27. The van der Waals surface area contributed by atoms with Crippen molar-refractivity contribution in [2.75, 3.05) is 4.90 Å². The quantitative estimate of drug-likeness (QED) is 0.150. The van der Waals surface area contributed by atoms with Crippen LogP contribution in [0.3, 0.4) is 0 Å². The smallest absolute Gasteiger partial charge is 0.0462 e. The highest BCUT2D eigenvalue weighted by molar-refractivity contribution is 5.99. The van der Waals surface area contributed by atoms with E-state index in [4.69, 9.17) is 0 Å². The fourth-order valence-corrected chi connectivity index (χ4v) is 11.3. The van der Waals surface area contributed by atoms with Gasteiger partial charge in [-0.05, 0) is 165 Å². The van der Waals surface area contributed by atoms with E-state index in [-0.39, 0.29) is 0 Å². The van der Waals surface area contributed by atoms with Gasteiger partial charge in [0, 0.05) is 17.1 Å². The molecule has 0 atom stereocenters. The molecule has 12 rings (SSSR count). The molecule has 57 heavy (non-hydrogen) atoms. The summed E-state index contributed by atoms with van der Waals surface area (Å²) in [6, 6.07) is 71.7. The minimum atomic E-state index is 0.429. The summed E-state index contributed by atoms with van der Waals surface area (Å²) in [7, 11) is 0. The van der Waals surface area contributed by atoms with Crippen LogP contribution >= 0.6 is 0 Å². The Kier molecular flexibility index (Phi) is 8.43. The molecule has 4 aliphatic carbocycles. The van der Waals surface area contributed by atoms with Gasteiger partial charge in [0.2, 0.25) is 0 Å². The highest BCUT2D eigenvalue weighted by Crippen LogP contribution is 2.60. The Morgan fingerprint density at radius 1 is 0.351 bits per heavy atom. The Morgan fingerprint density at radius 2 is 0.772 bits per heavy atom. The maximum absolute atomic E-state index is 2.49. The average molecular weight is 734 g/mol. The van der Waals surface area contributed by atoms with E-state index >= 15 is 0 Å². The number of benzene rings is 8. The van der Waals surface area contributed by atoms with E-state index < -0.39 is 0 Å². The number of hydrogen-bond donors (Lipinski definition) is 0. The molecule has 4 bridgehead atoms. The van der Waals surface area contributed by atoms with E-state index in [2.05, 4.69) is 199 Å². The second-order valence-corrected chi connectivity index (χ2v) is 17.2. The minimum absolute atomic E-state index is 0.429. The lowest BCUT2D eigenvalue weighted by Crippen LogP contribution is -2.48. The van der Waals surface area contributed by atoms with Gasteiger partial charge < -0.3 is 4.90 Å². The predicted octanol–water partition coefficient (Wildman–Crippen LogP) is 15.4. The Hall–Kier alpha value is -6.18. The highest BCUT2D eigenvalue weighted by atomic mass is 15.1. The number of fused-ring (bicyclic) bond motifs is 1. The molecule has 8 aromatic carbocycles. The molecule has 8 aromatic rings. The molecule has 0 aromatic heterocycles. The molecule has 0 amide bonds. The van der Waals surface area contributed by atoms with E-state index in [1.54, 1.807) is 5.56 Å². The summed E-state index contributed by atoms with van der Waals surface area (Å²) in [5.74, 6) is 2.88. The van der Waals surface area contributed by atoms with Crippen LogP contribution in [-0.4, -0.2) is 0 Å². The highest BCUT2D eigenvalue weighted by Gasteiger charge is 2.51. The van der Waals surface area contributed by atoms with Crippen LogP contribution in [0.5, 0.6) is 0 Å². The second-order valence-electron chi connectivity index (χ2n) is 17.2. The Bertz CT molecular complexity index is 2540. The monoisotopic (exact) mass is 733 g/mol. The van der Waals surface area contributed by atoms with Crippen molar-refractivity contribution in [2.24, 2.45) is 17.8 Å². The van der Waals surface area contributed by atoms with Crippen LogP contribution < -0.4 is 4.90 Å². The molecule has 0 saturated heterocycles. The molecule has 0 spiro atoms. The number of nitrogens with zero attached hydrogens (tertiary/aromatic N) is 1. The molecule has 0 N–H and O–H groups in total. The number of rotatable bonds is 8. The third-order valence-electron chi connectivity index (χ3n) is 13.7. The fraction of sp³-hybridized carbons (Fsp3) is 0.179. The summed E-state index contributed by atoms with van der Waals surface area (Å²) < 4.78 is 0. The van der Waals surface area contributed by atoms with Gasteiger partial charge in [-0.3, -0.25) is 0 Å². The van der Waals surface area contributed by atoms with Gasteiger partial charge in [0.05, 0.1) is 0 Å². The molecule has 0 heterocycles. The first-order chi connectivity index (χ1) is 28.1. The maximum atomic E-state index is 2.49. The van der Waals surface area contributed by atoms with Crippen molar-refractivity contribution in [1.29, 1.82) is 0 Å². The number of anilines is 3. The molecular weight excluding hydrogens is 687 g/mol. The summed E-state index contributed by atoms with van der Waals surface area (Å²) in [4.78, 5) is 2.36. The lowest BCUT2D eigenvalue weighted by molar-refractivity contribution is -0.00518. The SMILES string of the molecule is c1ccc(-c2ccc(N(c3ccc(-c4ccccc4)cc3)c3ccc(-c4ccc5cccc(-c6ccc(C78CC9C[C@H](C7)C[C@H](C9)C8)cc6)c5c4)cc3)cc2)cc1. The summed E-state index contributed by atoms with van der Waals surface area (Å²) in [5.41, 5.74) is 15.3. The zero-order valence-electron chi connectivity index (χ0n) is 32.4. The fourth-order valence-electron chi connectivity index (χ4n) is 11.3. The molecule has 4 saturated carbocycles. The zero-order valence-corrected chi connectivity index (χ0v) is 32.4. The third kappa shape index (κ3) is 6.36. The van der Waals surface area contributed by atoms with Gasteiger partial charge in [0.15, 0.2) is 0 Å². The summed E-state index contributed by atoms with van der Waals surface area (Å²) in [6.07, 6.45) is 8.70. The van der Waals surface area contributed by atoms with Crippen LogP contribution in [0.25, 0.3) is 55.3 Å². The summed E-state index contributed by atoms with van der Waals surface area (Å²) in [5, 5.41) is 2.59. The van der Waals surface area contributed by atoms with Gasteiger partial charge >= 0.3 is 0 Å². The summed E-state index contributed by atoms with van der Waals surface area (Å²) >= 11 is 0. The lowest BCUT2D eigenvalue weighted by atomic mass is 9.48.